The molecule has 0 aromatic carbocycles. The summed E-state index contributed by atoms with van der Waals surface area (Å²) in [6.07, 6.45) is 3.29. The molecule has 2 aliphatic rings. The van der Waals surface area contributed by atoms with E-state index in [0.29, 0.717) is 36.5 Å². The van der Waals surface area contributed by atoms with Gasteiger partial charge < -0.3 is 19.7 Å². The number of nitrogens with zero attached hydrogens (tertiary/aromatic N) is 4. The number of methoxy groups -OCH3 is 1. The van der Waals surface area contributed by atoms with E-state index in [4.69, 9.17) is 32.8 Å². The number of thiophene rings is 1. The van der Waals surface area contributed by atoms with Crippen molar-refractivity contribution in [2.45, 2.75) is 57.7 Å². The van der Waals surface area contributed by atoms with Crippen LogP contribution < -0.4 is 10.2 Å². The largest absolute Gasteiger partial charge is 0.617 e. The lowest BCUT2D eigenvalue weighted by atomic mass is 9.85. The zero-order chi connectivity index (χ0) is 28.9. The number of carbonyl (C=O) groups excluding carboxylic acids is 2. The molecular formula is C27H37Cl2N5O5S. The molecule has 0 atom stereocenters. The third kappa shape index (κ3) is 7.00. The molecule has 2 aromatic rings. The van der Waals surface area contributed by atoms with Crippen LogP contribution in [-0.4, -0.2) is 84.7 Å². The Bertz CT molecular complexity index is 1170. The van der Waals surface area contributed by atoms with Crippen molar-refractivity contribution < 1.29 is 23.9 Å². The number of carbonyl (C=O) groups is 2. The predicted octanol–water partition coefficient (Wildman–Crippen LogP) is 4.25. The molecule has 3 amide bonds. The Morgan fingerprint density at radius 2 is 1.93 bits per heavy atom. The summed E-state index contributed by atoms with van der Waals surface area (Å²) in [5.74, 6) is -0.243. The zero-order valence-corrected chi connectivity index (χ0v) is 25.5. The van der Waals surface area contributed by atoms with Crippen LogP contribution in [0.2, 0.25) is 10.3 Å². The van der Waals surface area contributed by atoms with E-state index in [1.165, 1.54) is 6.07 Å². The smallest absolute Gasteiger partial charge is 0.341 e. The highest BCUT2D eigenvalue weighted by Crippen LogP contribution is 2.33. The minimum atomic E-state index is -0.243. The summed E-state index contributed by atoms with van der Waals surface area (Å²) in [4.78, 5) is 37.8. The maximum absolute atomic E-state index is 13.3. The number of amides is 3. The first-order chi connectivity index (χ1) is 19.1. The molecule has 0 unspecified atom stereocenters. The standard InChI is InChI=1S/C27H37Cl2N5O5S/c1-19-16-22(28)34(37)24(29)23(19)25(35)31-11-7-27(2,8-12-31)32-9-4-21(5-10-32)33(17-20-6-15-40-18-20)26(36)30-39-14-13-38-3/h6,15-16,18,21H,4-5,7-14,17H2,1-3H3,(H,30,36). The Kier molecular flexibility index (Phi) is 10.5. The number of ether oxygens (including phenoxy) is 1. The van der Waals surface area contributed by atoms with Gasteiger partial charge in [0, 0.05) is 57.5 Å². The predicted molar refractivity (Wildman–Crippen MR) is 155 cm³/mol. The first kappa shape index (κ1) is 30.8. The van der Waals surface area contributed by atoms with Crippen molar-refractivity contribution in [2.75, 3.05) is 46.5 Å². The second-order valence-corrected chi connectivity index (χ2v) is 12.2. The fourth-order valence-electron chi connectivity index (χ4n) is 5.55. The average Bonchev–Trinajstić information content (AvgIpc) is 3.46. The van der Waals surface area contributed by atoms with Crippen LogP contribution in [-0.2, 0) is 16.1 Å². The van der Waals surface area contributed by atoms with Crippen molar-refractivity contribution >= 4 is 46.5 Å². The van der Waals surface area contributed by atoms with E-state index in [1.54, 1.807) is 30.3 Å². The first-order valence-corrected chi connectivity index (χ1v) is 15.2. The molecule has 0 bridgehead atoms. The van der Waals surface area contributed by atoms with E-state index in [2.05, 4.69) is 22.7 Å². The first-order valence-electron chi connectivity index (χ1n) is 13.5. The molecule has 1 N–H and O–H groups in total. The third-order valence-corrected chi connectivity index (χ3v) is 9.40. The summed E-state index contributed by atoms with van der Waals surface area (Å²) in [6, 6.07) is 3.35. The molecule has 2 aliphatic heterocycles. The summed E-state index contributed by atoms with van der Waals surface area (Å²) in [5, 5.41) is 16.0. The van der Waals surface area contributed by atoms with Crippen LogP contribution in [0.5, 0.6) is 0 Å². The molecule has 2 fully saturated rings. The molecule has 0 radical (unpaired) electrons. The van der Waals surface area contributed by atoms with Gasteiger partial charge in [-0.15, -0.1) is 4.73 Å². The fourth-order valence-corrected chi connectivity index (χ4v) is 6.82. The van der Waals surface area contributed by atoms with Crippen LogP contribution in [0.3, 0.4) is 0 Å². The van der Waals surface area contributed by atoms with E-state index < -0.39 is 0 Å². The van der Waals surface area contributed by atoms with Crippen LogP contribution in [0.4, 0.5) is 4.79 Å². The van der Waals surface area contributed by atoms with E-state index in [-0.39, 0.29) is 46.0 Å². The number of hydrogen-bond acceptors (Lipinski definition) is 7. The van der Waals surface area contributed by atoms with Gasteiger partial charge in [0.2, 0.25) is 0 Å². The van der Waals surface area contributed by atoms with E-state index in [9.17, 15) is 14.8 Å². The van der Waals surface area contributed by atoms with Crippen LogP contribution in [0.1, 0.15) is 54.1 Å². The molecule has 13 heteroatoms. The molecule has 2 aromatic heterocycles. The Morgan fingerprint density at radius 1 is 1.23 bits per heavy atom. The van der Waals surface area contributed by atoms with Crippen LogP contribution >= 0.6 is 34.5 Å². The van der Waals surface area contributed by atoms with Crippen LogP contribution in [0.25, 0.3) is 0 Å². The van der Waals surface area contributed by atoms with E-state index >= 15 is 0 Å². The number of aryl methyl sites for hydroxylation is 1. The normalized spacial score (nSPS) is 18.1. The van der Waals surface area contributed by atoms with Crippen molar-refractivity contribution in [3.05, 3.63) is 55.1 Å². The zero-order valence-electron chi connectivity index (χ0n) is 23.2. The number of hydroxylamine groups is 1. The highest BCUT2D eigenvalue weighted by atomic mass is 35.5. The van der Waals surface area contributed by atoms with Crippen molar-refractivity contribution in [3.63, 3.8) is 0 Å². The van der Waals surface area contributed by atoms with Gasteiger partial charge in [-0.2, -0.15) is 11.3 Å². The fraction of sp³-hybridized carbons (Fsp3) is 0.593. The van der Waals surface area contributed by atoms with Gasteiger partial charge in [0.05, 0.1) is 13.2 Å². The Hall–Kier alpha value is -2.15. The molecule has 0 saturated carbocycles. The lowest BCUT2D eigenvalue weighted by molar-refractivity contribution is -0.600. The molecule has 0 aliphatic carbocycles. The van der Waals surface area contributed by atoms with Crippen molar-refractivity contribution in [1.29, 1.82) is 0 Å². The average molecular weight is 615 g/mol. The number of rotatable bonds is 9. The summed E-state index contributed by atoms with van der Waals surface area (Å²) in [5.41, 5.74) is 4.40. The minimum absolute atomic E-state index is 0.0568. The maximum Gasteiger partial charge on any atom is 0.341 e. The van der Waals surface area contributed by atoms with Gasteiger partial charge in [0.25, 0.3) is 11.1 Å². The van der Waals surface area contributed by atoms with Gasteiger partial charge in [-0.3, -0.25) is 14.5 Å². The van der Waals surface area contributed by atoms with E-state index in [1.807, 2.05) is 16.3 Å². The molecule has 2 saturated heterocycles. The van der Waals surface area contributed by atoms with Crippen LogP contribution in [0, 0.1) is 12.1 Å². The second-order valence-electron chi connectivity index (χ2n) is 10.6. The highest BCUT2D eigenvalue weighted by molar-refractivity contribution is 7.07. The van der Waals surface area contributed by atoms with E-state index in [0.717, 1.165) is 44.3 Å². The summed E-state index contributed by atoms with van der Waals surface area (Å²) in [7, 11) is 1.59. The molecule has 10 nitrogen and oxygen atoms in total. The van der Waals surface area contributed by atoms with Crippen molar-refractivity contribution in [3.8, 4) is 0 Å². The Balaban J connectivity index is 1.35. The number of halogens is 2. The molecule has 40 heavy (non-hydrogen) atoms. The lowest BCUT2D eigenvalue weighted by Crippen LogP contribution is -2.59. The minimum Gasteiger partial charge on any atom is -0.617 e. The molecule has 0 spiro atoms. The number of urea groups is 1. The second kappa shape index (κ2) is 13.7. The van der Waals surface area contributed by atoms with Crippen molar-refractivity contribution in [2.24, 2.45) is 0 Å². The highest BCUT2D eigenvalue weighted by Gasteiger charge is 2.40. The molecular weight excluding hydrogens is 577 g/mol. The number of piperidine rings is 2. The number of hydrogen-bond donors (Lipinski definition) is 1. The molecule has 4 heterocycles. The van der Waals surface area contributed by atoms with Gasteiger partial charge >= 0.3 is 11.2 Å². The summed E-state index contributed by atoms with van der Waals surface area (Å²) in [6.45, 7) is 8.03. The van der Waals surface area contributed by atoms with Crippen LogP contribution in [0.15, 0.2) is 22.9 Å². The molecule has 220 valence electrons. The monoisotopic (exact) mass is 613 g/mol. The Labute approximate surface area is 249 Å². The number of aromatic nitrogens is 1. The number of pyridine rings is 1. The topological polar surface area (TPSA) is 101 Å². The van der Waals surface area contributed by atoms with Gasteiger partial charge in [-0.1, -0.05) is 0 Å². The maximum atomic E-state index is 13.3. The third-order valence-electron chi connectivity index (χ3n) is 8.06. The number of likely N-dealkylation sites (tertiary alicyclic amines) is 2. The summed E-state index contributed by atoms with van der Waals surface area (Å²) < 4.78 is 5.37. The van der Waals surface area contributed by atoms with Gasteiger partial charge in [0.15, 0.2) is 0 Å². The lowest BCUT2D eigenvalue weighted by Gasteiger charge is -2.50. The SMILES string of the molecule is COCCONC(=O)N(Cc1ccsc1)C1CCN(C2(C)CCN(C(=O)c3c(C)cc(Cl)[n+]([O-])c3Cl)CC2)CC1. The summed E-state index contributed by atoms with van der Waals surface area (Å²) >= 11 is 13.7. The number of nitrogens with one attached hydrogen (secondary N) is 1. The Morgan fingerprint density at radius 3 is 2.55 bits per heavy atom. The van der Waals surface area contributed by atoms with Gasteiger partial charge in [-0.05, 0) is 90.7 Å². The van der Waals surface area contributed by atoms with Gasteiger partial charge in [0.1, 0.15) is 5.56 Å². The van der Waals surface area contributed by atoms with Gasteiger partial charge in [-0.25, -0.2) is 10.3 Å². The molecule has 4 rings (SSSR count). The quantitative estimate of drug-likeness (QED) is 0.149. The van der Waals surface area contributed by atoms with Crippen molar-refractivity contribution in [1.82, 2.24) is 20.2 Å².